The van der Waals surface area contributed by atoms with Gasteiger partial charge in [0, 0.05) is 5.56 Å². The monoisotopic (exact) mass is 218 g/mol. The standard InChI is InChI=1S/C14H18O2/c1-14(2,3)12-7-8-13(16-4)11(10-12)6-5-9-15/h5-10H,1-4H3/b6-5+. The molecular formula is C14H18O2. The summed E-state index contributed by atoms with van der Waals surface area (Å²) in [7, 11) is 1.63. The van der Waals surface area contributed by atoms with Crippen LogP contribution in [0, 0.1) is 0 Å². The number of ether oxygens (including phenoxy) is 1. The van der Waals surface area contributed by atoms with E-state index in [1.165, 1.54) is 11.6 Å². The summed E-state index contributed by atoms with van der Waals surface area (Å²) in [5.74, 6) is 0.783. The number of allylic oxidation sites excluding steroid dienone is 1. The Bertz CT molecular complexity index is 398. The number of aldehydes is 1. The van der Waals surface area contributed by atoms with Crippen LogP contribution in [-0.2, 0) is 10.2 Å². The second kappa shape index (κ2) is 4.97. The Balaban J connectivity index is 3.21. The van der Waals surface area contributed by atoms with E-state index in [-0.39, 0.29) is 5.41 Å². The normalized spacial score (nSPS) is 11.8. The van der Waals surface area contributed by atoms with Gasteiger partial charge in [-0.1, -0.05) is 26.8 Å². The molecule has 2 heteroatoms. The third kappa shape index (κ3) is 2.96. The third-order valence-corrected chi connectivity index (χ3v) is 2.45. The number of hydrogen-bond donors (Lipinski definition) is 0. The van der Waals surface area contributed by atoms with Crippen molar-refractivity contribution in [1.82, 2.24) is 0 Å². The molecule has 0 heterocycles. The molecule has 0 amide bonds. The minimum atomic E-state index is 0.0933. The Morgan fingerprint density at radius 2 is 1.94 bits per heavy atom. The van der Waals surface area contributed by atoms with Gasteiger partial charge in [-0.2, -0.15) is 0 Å². The summed E-state index contributed by atoms with van der Waals surface area (Å²) in [4.78, 5) is 10.3. The van der Waals surface area contributed by atoms with E-state index >= 15 is 0 Å². The van der Waals surface area contributed by atoms with Crippen LogP contribution in [0.5, 0.6) is 5.75 Å². The molecule has 0 saturated heterocycles. The van der Waals surface area contributed by atoms with E-state index in [0.717, 1.165) is 17.6 Å². The molecule has 86 valence electrons. The van der Waals surface area contributed by atoms with E-state index in [4.69, 9.17) is 4.74 Å². The van der Waals surface area contributed by atoms with Crippen molar-refractivity contribution in [3.05, 3.63) is 35.4 Å². The number of carbonyl (C=O) groups is 1. The Hall–Kier alpha value is -1.57. The van der Waals surface area contributed by atoms with Gasteiger partial charge in [0.2, 0.25) is 0 Å². The molecule has 0 bridgehead atoms. The maximum atomic E-state index is 10.3. The van der Waals surface area contributed by atoms with Gasteiger partial charge in [0.25, 0.3) is 0 Å². The smallest absolute Gasteiger partial charge is 0.142 e. The lowest BCUT2D eigenvalue weighted by atomic mass is 9.86. The molecule has 0 N–H and O–H groups in total. The fourth-order valence-corrected chi connectivity index (χ4v) is 1.47. The van der Waals surface area contributed by atoms with Crippen LogP contribution in [-0.4, -0.2) is 13.4 Å². The first kappa shape index (κ1) is 12.5. The van der Waals surface area contributed by atoms with Crippen molar-refractivity contribution in [2.45, 2.75) is 26.2 Å². The minimum absolute atomic E-state index is 0.0933. The first-order chi connectivity index (χ1) is 7.49. The molecule has 0 radical (unpaired) electrons. The number of hydrogen-bond acceptors (Lipinski definition) is 2. The van der Waals surface area contributed by atoms with E-state index in [1.807, 2.05) is 6.07 Å². The van der Waals surface area contributed by atoms with Gasteiger partial charge in [0.05, 0.1) is 7.11 Å². The summed E-state index contributed by atoms with van der Waals surface area (Å²) in [5, 5.41) is 0. The summed E-state index contributed by atoms with van der Waals surface area (Å²) in [5.41, 5.74) is 2.25. The van der Waals surface area contributed by atoms with Crippen LogP contribution >= 0.6 is 0 Å². The van der Waals surface area contributed by atoms with Crippen molar-refractivity contribution >= 4 is 12.4 Å². The van der Waals surface area contributed by atoms with Gasteiger partial charge in [-0.25, -0.2) is 0 Å². The maximum Gasteiger partial charge on any atom is 0.142 e. The van der Waals surface area contributed by atoms with Gasteiger partial charge in [-0.05, 0) is 35.3 Å². The molecule has 0 atom stereocenters. The highest BCUT2D eigenvalue weighted by atomic mass is 16.5. The molecule has 0 saturated carbocycles. The van der Waals surface area contributed by atoms with E-state index in [9.17, 15) is 4.79 Å². The van der Waals surface area contributed by atoms with Crippen LogP contribution in [0.25, 0.3) is 6.08 Å². The summed E-state index contributed by atoms with van der Waals surface area (Å²) in [6, 6.07) is 6.04. The summed E-state index contributed by atoms with van der Waals surface area (Å²) in [6.45, 7) is 6.46. The van der Waals surface area contributed by atoms with E-state index in [0.29, 0.717) is 0 Å². The minimum Gasteiger partial charge on any atom is -0.496 e. The maximum absolute atomic E-state index is 10.3. The van der Waals surface area contributed by atoms with Crippen molar-refractivity contribution in [2.24, 2.45) is 0 Å². The van der Waals surface area contributed by atoms with Gasteiger partial charge < -0.3 is 4.74 Å². The zero-order valence-electron chi connectivity index (χ0n) is 10.3. The van der Waals surface area contributed by atoms with Crippen LogP contribution in [0.1, 0.15) is 31.9 Å². The highest BCUT2D eigenvalue weighted by Gasteiger charge is 2.14. The molecule has 0 unspecified atom stereocenters. The second-order valence-corrected chi connectivity index (χ2v) is 4.70. The van der Waals surface area contributed by atoms with Crippen LogP contribution in [0.4, 0.5) is 0 Å². The number of methoxy groups -OCH3 is 1. The van der Waals surface area contributed by atoms with E-state index < -0.39 is 0 Å². The topological polar surface area (TPSA) is 26.3 Å². The molecule has 1 aromatic rings. The molecular weight excluding hydrogens is 200 g/mol. The average molecular weight is 218 g/mol. The quantitative estimate of drug-likeness (QED) is 0.575. The van der Waals surface area contributed by atoms with Crippen LogP contribution in [0.15, 0.2) is 24.3 Å². The van der Waals surface area contributed by atoms with Crippen molar-refractivity contribution in [3.8, 4) is 5.75 Å². The summed E-state index contributed by atoms with van der Waals surface area (Å²) >= 11 is 0. The Morgan fingerprint density at radius 1 is 1.25 bits per heavy atom. The van der Waals surface area contributed by atoms with Crippen molar-refractivity contribution < 1.29 is 9.53 Å². The molecule has 1 rings (SSSR count). The molecule has 2 nitrogen and oxygen atoms in total. The number of carbonyl (C=O) groups excluding carboxylic acids is 1. The van der Waals surface area contributed by atoms with Crippen molar-refractivity contribution in [3.63, 3.8) is 0 Å². The second-order valence-electron chi connectivity index (χ2n) is 4.70. The molecule has 0 aromatic heterocycles. The largest absolute Gasteiger partial charge is 0.496 e. The number of rotatable bonds is 3. The molecule has 0 fully saturated rings. The van der Waals surface area contributed by atoms with E-state index in [1.54, 1.807) is 13.2 Å². The van der Waals surface area contributed by atoms with Crippen LogP contribution in [0.2, 0.25) is 0 Å². The third-order valence-electron chi connectivity index (χ3n) is 2.45. The van der Waals surface area contributed by atoms with Crippen LogP contribution < -0.4 is 4.74 Å². The zero-order valence-corrected chi connectivity index (χ0v) is 10.3. The SMILES string of the molecule is COc1ccc(C(C)(C)C)cc1/C=C/C=O. The van der Waals surface area contributed by atoms with Crippen molar-refractivity contribution in [1.29, 1.82) is 0 Å². The first-order valence-corrected chi connectivity index (χ1v) is 5.29. The fourth-order valence-electron chi connectivity index (χ4n) is 1.47. The van der Waals surface area contributed by atoms with Gasteiger partial charge in [-0.3, -0.25) is 4.79 Å². The predicted octanol–water partition coefficient (Wildman–Crippen LogP) is 3.20. The fraction of sp³-hybridized carbons (Fsp3) is 0.357. The zero-order chi connectivity index (χ0) is 12.2. The average Bonchev–Trinajstić information content (AvgIpc) is 2.24. The molecule has 0 aliphatic carbocycles. The van der Waals surface area contributed by atoms with Crippen molar-refractivity contribution in [2.75, 3.05) is 7.11 Å². The number of benzene rings is 1. The van der Waals surface area contributed by atoms with Gasteiger partial charge >= 0.3 is 0 Å². The highest BCUT2D eigenvalue weighted by Crippen LogP contribution is 2.28. The van der Waals surface area contributed by atoms with Crippen LogP contribution in [0.3, 0.4) is 0 Å². The summed E-state index contributed by atoms with van der Waals surface area (Å²) < 4.78 is 5.24. The summed E-state index contributed by atoms with van der Waals surface area (Å²) in [6.07, 6.45) is 4.01. The lowest BCUT2D eigenvalue weighted by molar-refractivity contribution is -0.104. The van der Waals surface area contributed by atoms with Gasteiger partial charge in [0.15, 0.2) is 0 Å². The van der Waals surface area contributed by atoms with E-state index in [2.05, 4.69) is 32.9 Å². The predicted molar refractivity (Wildman–Crippen MR) is 66.8 cm³/mol. The molecule has 0 aliphatic heterocycles. The Morgan fingerprint density at radius 3 is 2.44 bits per heavy atom. The molecule has 0 aliphatic rings. The lowest BCUT2D eigenvalue weighted by Crippen LogP contribution is -2.11. The lowest BCUT2D eigenvalue weighted by Gasteiger charge is -2.20. The molecule has 16 heavy (non-hydrogen) atoms. The Labute approximate surface area is 96.9 Å². The van der Waals surface area contributed by atoms with Gasteiger partial charge in [0.1, 0.15) is 12.0 Å². The first-order valence-electron chi connectivity index (χ1n) is 5.29. The van der Waals surface area contributed by atoms with Gasteiger partial charge in [-0.15, -0.1) is 0 Å². The molecule has 0 spiro atoms. The highest BCUT2D eigenvalue weighted by molar-refractivity contribution is 5.75. The Kier molecular flexibility index (Phi) is 3.88. The molecule has 1 aromatic carbocycles.